The Labute approximate surface area is 104 Å². The van der Waals surface area contributed by atoms with Gasteiger partial charge in [-0.3, -0.25) is 4.98 Å². The lowest BCUT2D eigenvalue weighted by molar-refractivity contribution is 0.214. The third-order valence-electron chi connectivity index (χ3n) is 2.56. The van der Waals surface area contributed by atoms with Crippen molar-refractivity contribution in [3.8, 4) is 0 Å². The Bertz CT molecular complexity index is 545. The van der Waals surface area contributed by atoms with Crippen LogP contribution in [0.4, 0.5) is 4.39 Å². The van der Waals surface area contributed by atoms with E-state index < -0.39 is 11.9 Å². The van der Waals surface area contributed by atoms with Crippen molar-refractivity contribution in [3.05, 3.63) is 64.2 Å². The third-order valence-corrected chi connectivity index (χ3v) is 2.91. The fourth-order valence-corrected chi connectivity index (χ4v) is 1.88. The van der Waals surface area contributed by atoms with Gasteiger partial charge in [-0.1, -0.05) is 17.7 Å². The smallest absolute Gasteiger partial charge is 0.123 e. The molecule has 2 rings (SSSR count). The SMILES string of the molecule is Cc1cccnc1C(O)c1cc(F)ccc1Cl. The molecule has 2 nitrogen and oxygen atoms in total. The molecule has 1 atom stereocenters. The maximum Gasteiger partial charge on any atom is 0.123 e. The van der Waals surface area contributed by atoms with Crippen molar-refractivity contribution >= 4 is 11.6 Å². The molecule has 0 aliphatic rings. The number of hydrogen-bond acceptors (Lipinski definition) is 2. The minimum atomic E-state index is -1.01. The molecule has 0 fully saturated rings. The zero-order valence-electron chi connectivity index (χ0n) is 9.19. The van der Waals surface area contributed by atoms with E-state index in [2.05, 4.69) is 4.98 Å². The Morgan fingerprint density at radius 1 is 1.35 bits per heavy atom. The Kier molecular flexibility index (Phi) is 3.41. The molecule has 88 valence electrons. The summed E-state index contributed by atoms with van der Waals surface area (Å²) in [5.41, 5.74) is 1.65. The normalized spacial score (nSPS) is 12.5. The average Bonchev–Trinajstić information content (AvgIpc) is 2.32. The van der Waals surface area contributed by atoms with E-state index in [0.29, 0.717) is 16.3 Å². The van der Waals surface area contributed by atoms with Crippen molar-refractivity contribution in [1.29, 1.82) is 0 Å². The van der Waals surface area contributed by atoms with Gasteiger partial charge in [0.25, 0.3) is 0 Å². The molecule has 1 N–H and O–H groups in total. The fourth-order valence-electron chi connectivity index (χ4n) is 1.66. The maximum absolute atomic E-state index is 13.1. The van der Waals surface area contributed by atoms with Gasteiger partial charge in [-0.15, -0.1) is 0 Å². The molecule has 0 saturated heterocycles. The molecule has 4 heteroatoms. The molecule has 0 aliphatic heterocycles. The lowest BCUT2D eigenvalue weighted by Crippen LogP contribution is -2.05. The largest absolute Gasteiger partial charge is 0.382 e. The van der Waals surface area contributed by atoms with Crippen LogP contribution >= 0.6 is 11.6 Å². The summed E-state index contributed by atoms with van der Waals surface area (Å²) in [7, 11) is 0. The van der Waals surface area contributed by atoms with Gasteiger partial charge in [0.1, 0.15) is 11.9 Å². The second kappa shape index (κ2) is 4.82. The summed E-state index contributed by atoms with van der Waals surface area (Å²) >= 11 is 5.94. The second-order valence-corrected chi connectivity index (χ2v) is 4.18. The van der Waals surface area contributed by atoms with Crippen molar-refractivity contribution in [2.75, 3.05) is 0 Å². The van der Waals surface area contributed by atoms with Crippen molar-refractivity contribution in [2.45, 2.75) is 13.0 Å². The molecule has 0 bridgehead atoms. The van der Waals surface area contributed by atoms with Gasteiger partial charge in [0.05, 0.1) is 5.69 Å². The van der Waals surface area contributed by atoms with Gasteiger partial charge in [0.2, 0.25) is 0 Å². The van der Waals surface area contributed by atoms with Crippen LogP contribution in [0, 0.1) is 12.7 Å². The molecule has 1 unspecified atom stereocenters. The van der Waals surface area contributed by atoms with Crippen LogP contribution in [0.15, 0.2) is 36.5 Å². The van der Waals surface area contributed by atoms with Crippen molar-refractivity contribution in [1.82, 2.24) is 4.98 Å². The highest BCUT2D eigenvalue weighted by Crippen LogP contribution is 2.29. The van der Waals surface area contributed by atoms with Crippen LogP contribution in [0.3, 0.4) is 0 Å². The highest BCUT2D eigenvalue weighted by Gasteiger charge is 2.17. The summed E-state index contributed by atoms with van der Waals surface area (Å²) in [4.78, 5) is 4.09. The Morgan fingerprint density at radius 2 is 2.12 bits per heavy atom. The van der Waals surface area contributed by atoms with Gasteiger partial charge in [-0.25, -0.2) is 4.39 Å². The van der Waals surface area contributed by atoms with Crippen molar-refractivity contribution in [2.24, 2.45) is 0 Å². The van der Waals surface area contributed by atoms with Crippen LogP contribution < -0.4 is 0 Å². The van der Waals surface area contributed by atoms with E-state index in [0.717, 1.165) is 5.56 Å². The molecular formula is C13H11ClFNO. The molecular weight excluding hydrogens is 241 g/mol. The van der Waals surface area contributed by atoms with E-state index in [1.54, 1.807) is 12.3 Å². The summed E-state index contributed by atoms with van der Waals surface area (Å²) < 4.78 is 13.1. The van der Waals surface area contributed by atoms with Crippen molar-refractivity contribution in [3.63, 3.8) is 0 Å². The van der Waals surface area contributed by atoms with Crippen LogP contribution in [0.1, 0.15) is 22.9 Å². The number of aromatic nitrogens is 1. The number of aliphatic hydroxyl groups is 1. The Balaban J connectivity index is 2.47. The van der Waals surface area contributed by atoms with E-state index in [9.17, 15) is 9.50 Å². The van der Waals surface area contributed by atoms with Crippen LogP contribution in [-0.2, 0) is 0 Å². The van der Waals surface area contributed by atoms with E-state index in [4.69, 9.17) is 11.6 Å². The van der Waals surface area contributed by atoms with Crippen LogP contribution in [0.2, 0.25) is 5.02 Å². The van der Waals surface area contributed by atoms with Gasteiger partial charge >= 0.3 is 0 Å². The lowest BCUT2D eigenvalue weighted by atomic mass is 10.0. The predicted molar refractivity (Wildman–Crippen MR) is 64.4 cm³/mol. The Hall–Kier alpha value is -1.45. The average molecular weight is 252 g/mol. The summed E-state index contributed by atoms with van der Waals surface area (Å²) in [6.07, 6.45) is 0.568. The molecule has 1 heterocycles. The topological polar surface area (TPSA) is 33.1 Å². The van der Waals surface area contributed by atoms with Gasteiger partial charge in [0, 0.05) is 16.8 Å². The number of halogens is 2. The number of hydrogen-bond donors (Lipinski definition) is 1. The van der Waals surface area contributed by atoms with Gasteiger partial charge < -0.3 is 5.11 Å². The third kappa shape index (κ3) is 2.46. The first kappa shape index (κ1) is 12.0. The fraction of sp³-hybridized carbons (Fsp3) is 0.154. The molecule has 2 aromatic rings. The molecule has 1 aromatic heterocycles. The zero-order chi connectivity index (χ0) is 12.4. The molecule has 0 spiro atoms. The quantitative estimate of drug-likeness (QED) is 0.889. The standard InChI is InChI=1S/C13H11ClFNO/c1-8-3-2-6-16-12(8)13(17)10-7-9(15)4-5-11(10)14/h2-7,13,17H,1H3. The van der Waals surface area contributed by atoms with Crippen LogP contribution in [0.5, 0.6) is 0 Å². The monoisotopic (exact) mass is 251 g/mol. The number of aryl methyl sites for hydroxylation is 1. The first-order valence-corrected chi connectivity index (χ1v) is 5.52. The molecule has 0 saturated carbocycles. The van der Waals surface area contributed by atoms with Gasteiger partial charge in [-0.2, -0.15) is 0 Å². The zero-order valence-corrected chi connectivity index (χ0v) is 9.95. The Morgan fingerprint density at radius 3 is 2.82 bits per heavy atom. The van der Waals surface area contributed by atoms with E-state index in [1.807, 2.05) is 13.0 Å². The van der Waals surface area contributed by atoms with Crippen molar-refractivity contribution < 1.29 is 9.50 Å². The lowest BCUT2D eigenvalue weighted by Gasteiger charge is -2.14. The molecule has 0 radical (unpaired) electrons. The minimum absolute atomic E-state index is 0.323. The molecule has 1 aromatic carbocycles. The predicted octanol–water partition coefficient (Wildman–Crippen LogP) is 3.26. The summed E-state index contributed by atoms with van der Waals surface area (Å²) in [6.45, 7) is 1.83. The van der Waals surface area contributed by atoms with Crippen LogP contribution in [-0.4, -0.2) is 10.1 Å². The second-order valence-electron chi connectivity index (χ2n) is 3.77. The summed E-state index contributed by atoms with van der Waals surface area (Å²) in [5, 5.41) is 10.5. The maximum atomic E-state index is 13.1. The molecule has 17 heavy (non-hydrogen) atoms. The van der Waals surface area contributed by atoms with E-state index in [1.165, 1.54) is 18.2 Å². The number of nitrogens with zero attached hydrogens (tertiary/aromatic N) is 1. The number of aliphatic hydroxyl groups excluding tert-OH is 1. The molecule has 0 amide bonds. The van der Waals surface area contributed by atoms with E-state index in [-0.39, 0.29) is 0 Å². The van der Waals surface area contributed by atoms with E-state index >= 15 is 0 Å². The highest BCUT2D eigenvalue weighted by molar-refractivity contribution is 6.31. The summed E-state index contributed by atoms with van der Waals surface area (Å²) in [6, 6.07) is 7.51. The number of rotatable bonds is 2. The first-order valence-electron chi connectivity index (χ1n) is 5.14. The van der Waals surface area contributed by atoms with Crippen LogP contribution in [0.25, 0.3) is 0 Å². The first-order chi connectivity index (χ1) is 8.09. The minimum Gasteiger partial charge on any atom is -0.382 e. The van der Waals surface area contributed by atoms with Gasteiger partial charge in [-0.05, 0) is 36.8 Å². The number of pyridine rings is 1. The molecule has 0 aliphatic carbocycles. The van der Waals surface area contributed by atoms with Gasteiger partial charge in [0.15, 0.2) is 0 Å². The number of benzene rings is 1. The summed E-state index contributed by atoms with van der Waals surface area (Å²) in [5.74, 6) is -0.433. The highest BCUT2D eigenvalue weighted by atomic mass is 35.5.